The van der Waals surface area contributed by atoms with Gasteiger partial charge in [-0.2, -0.15) is 0 Å². The van der Waals surface area contributed by atoms with Crippen molar-refractivity contribution in [1.29, 1.82) is 0 Å². The Morgan fingerprint density at radius 3 is 2.77 bits per heavy atom. The van der Waals surface area contributed by atoms with E-state index in [9.17, 15) is 0 Å². The van der Waals surface area contributed by atoms with Gasteiger partial charge in [0.1, 0.15) is 5.84 Å². The van der Waals surface area contributed by atoms with Crippen molar-refractivity contribution in [3.05, 3.63) is 71.3 Å². The highest BCUT2D eigenvalue weighted by atomic mass is 15.2. The Morgan fingerprint density at radius 1 is 1.38 bits per heavy atom. The summed E-state index contributed by atoms with van der Waals surface area (Å²) in [4.78, 5) is 11.3. The molecular formula is C22H26N4. The Balaban J connectivity index is 2.46. The van der Waals surface area contributed by atoms with Crippen LogP contribution in [0.4, 0.5) is 0 Å². The van der Waals surface area contributed by atoms with Crippen LogP contribution < -0.4 is 5.73 Å². The van der Waals surface area contributed by atoms with Crippen LogP contribution in [0.15, 0.2) is 81.3 Å². The van der Waals surface area contributed by atoms with Gasteiger partial charge in [-0.15, -0.1) is 0 Å². The van der Waals surface area contributed by atoms with E-state index in [0.717, 1.165) is 46.1 Å². The maximum atomic E-state index is 5.47. The Labute approximate surface area is 156 Å². The molecule has 0 amide bonds. The van der Waals surface area contributed by atoms with Gasteiger partial charge in [0, 0.05) is 24.5 Å². The second-order valence-corrected chi connectivity index (χ2v) is 6.05. The van der Waals surface area contributed by atoms with Crippen molar-refractivity contribution in [2.75, 3.05) is 13.6 Å². The van der Waals surface area contributed by atoms with Crippen molar-refractivity contribution < 1.29 is 0 Å². The van der Waals surface area contributed by atoms with Crippen LogP contribution in [0.5, 0.6) is 0 Å². The highest BCUT2D eigenvalue weighted by Gasteiger charge is 2.21. The largest absolute Gasteiger partial charge is 0.320 e. The molecule has 0 spiro atoms. The molecule has 0 unspecified atom stereocenters. The minimum Gasteiger partial charge on any atom is -0.320 e. The molecule has 2 N–H and O–H groups in total. The molecule has 4 heteroatoms. The quantitative estimate of drug-likeness (QED) is 0.477. The van der Waals surface area contributed by atoms with Gasteiger partial charge in [-0.05, 0) is 50.1 Å². The van der Waals surface area contributed by atoms with Gasteiger partial charge in [0.05, 0.1) is 18.0 Å². The zero-order valence-corrected chi connectivity index (χ0v) is 16.0. The van der Waals surface area contributed by atoms with E-state index in [2.05, 4.69) is 47.4 Å². The van der Waals surface area contributed by atoms with Crippen molar-refractivity contribution in [2.24, 2.45) is 15.7 Å². The second-order valence-electron chi connectivity index (χ2n) is 6.05. The topological polar surface area (TPSA) is 54.0 Å². The molecule has 0 atom stereocenters. The van der Waals surface area contributed by atoms with Crippen LogP contribution in [-0.4, -0.2) is 30.0 Å². The number of amidine groups is 1. The Morgan fingerprint density at radius 2 is 2.15 bits per heavy atom. The minimum absolute atomic E-state index is 0.346. The summed E-state index contributed by atoms with van der Waals surface area (Å²) in [5, 5.41) is 0. The molecule has 0 saturated carbocycles. The van der Waals surface area contributed by atoms with E-state index >= 15 is 0 Å². The molecule has 0 radical (unpaired) electrons. The highest BCUT2D eigenvalue weighted by Crippen LogP contribution is 2.25. The third-order valence-corrected chi connectivity index (χ3v) is 4.00. The third-order valence-electron chi connectivity index (χ3n) is 4.00. The summed E-state index contributed by atoms with van der Waals surface area (Å²) in [7, 11) is 1.78. The first kappa shape index (κ1) is 19.4. The molecule has 0 aromatic heterocycles. The molecular weight excluding hydrogens is 320 g/mol. The summed E-state index contributed by atoms with van der Waals surface area (Å²) in [6.07, 6.45) is 13.1. The van der Waals surface area contributed by atoms with Gasteiger partial charge in [0.15, 0.2) is 0 Å². The van der Waals surface area contributed by atoms with Gasteiger partial charge in [-0.1, -0.05) is 37.0 Å². The number of fused-ring (bicyclic) bond motifs is 1. The Bertz CT molecular complexity index is 862. The van der Waals surface area contributed by atoms with Gasteiger partial charge < -0.3 is 10.6 Å². The lowest BCUT2D eigenvalue weighted by molar-refractivity contribution is 0.692. The summed E-state index contributed by atoms with van der Waals surface area (Å²) in [5.74, 6) is 6.81. The molecule has 0 bridgehead atoms. The van der Waals surface area contributed by atoms with Crippen molar-refractivity contribution in [1.82, 2.24) is 4.90 Å². The van der Waals surface area contributed by atoms with Gasteiger partial charge in [-0.25, -0.2) is 4.99 Å². The van der Waals surface area contributed by atoms with Gasteiger partial charge in [-0.3, -0.25) is 4.99 Å². The summed E-state index contributed by atoms with van der Waals surface area (Å²) < 4.78 is 0. The van der Waals surface area contributed by atoms with Crippen molar-refractivity contribution >= 4 is 11.5 Å². The van der Waals surface area contributed by atoms with Crippen LogP contribution in [-0.2, 0) is 0 Å². The predicted molar refractivity (Wildman–Crippen MR) is 112 cm³/mol. The standard InChI is InChI=1S/C22H26N4/c1-6-8-19-14-21(20(24-5)13-17(4)16(2)3)25-22-11-10-18(9-7-12-23)15-26(19)22/h8,10-11,13-15H,2,6,12,23H2,1,3-5H3/b17-13+,19-8+,24-20?. The van der Waals surface area contributed by atoms with Crippen LogP contribution >= 0.6 is 0 Å². The highest BCUT2D eigenvalue weighted by molar-refractivity contribution is 6.12. The molecule has 2 aliphatic rings. The second kappa shape index (κ2) is 8.98. The fraction of sp³-hybridized carbons (Fsp3) is 0.273. The minimum atomic E-state index is 0.346. The van der Waals surface area contributed by atoms with Crippen LogP contribution in [0.1, 0.15) is 27.2 Å². The van der Waals surface area contributed by atoms with E-state index in [4.69, 9.17) is 10.7 Å². The van der Waals surface area contributed by atoms with E-state index in [1.165, 1.54) is 0 Å². The van der Waals surface area contributed by atoms with Crippen molar-refractivity contribution in [3.63, 3.8) is 0 Å². The number of aliphatic imine (C=N–C) groups is 2. The smallest absolute Gasteiger partial charge is 0.137 e. The van der Waals surface area contributed by atoms with Crippen LogP contribution in [0.2, 0.25) is 0 Å². The first-order valence-corrected chi connectivity index (χ1v) is 8.70. The van der Waals surface area contributed by atoms with Crippen molar-refractivity contribution in [2.45, 2.75) is 27.2 Å². The number of allylic oxidation sites excluding steroid dienone is 7. The van der Waals surface area contributed by atoms with E-state index in [0.29, 0.717) is 6.54 Å². The molecule has 2 aliphatic heterocycles. The molecule has 4 nitrogen and oxygen atoms in total. The number of hydrogen-bond donors (Lipinski definition) is 1. The lowest BCUT2D eigenvalue weighted by Gasteiger charge is -2.28. The molecule has 2 heterocycles. The number of hydrogen-bond acceptors (Lipinski definition) is 4. The van der Waals surface area contributed by atoms with Gasteiger partial charge >= 0.3 is 0 Å². The Kier molecular flexibility index (Phi) is 6.71. The fourth-order valence-electron chi connectivity index (χ4n) is 2.46. The van der Waals surface area contributed by atoms with Crippen molar-refractivity contribution in [3.8, 4) is 11.8 Å². The molecule has 0 saturated heterocycles. The van der Waals surface area contributed by atoms with Crippen LogP contribution in [0.25, 0.3) is 0 Å². The van der Waals surface area contributed by atoms with Gasteiger partial charge in [0.2, 0.25) is 0 Å². The average molecular weight is 346 g/mol. The van der Waals surface area contributed by atoms with E-state index < -0.39 is 0 Å². The molecule has 2 rings (SSSR count). The third kappa shape index (κ3) is 4.59. The summed E-state index contributed by atoms with van der Waals surface area (Å²) in [5.41, 5.74) is 11.2. The first-order chi connectivity index (χ1) is 12.5. The number of nitrogens with zero attached hydrogens (tertiary/aromatic N) is 3. The molecule has 0 fully saturated rings. The maximum absolute atomic E-state index is 5.47. The number of rotatable bonds is 4. The fourth-order valence-corrected chi connectivity index (χ4v) is 2.46. The van der Waals surface area contributed by atoms with E-state index in [1.807, 2.05) is 38.3 Å². The first-order valence-electron chi connectivity index (χ1n) is 8.70. The number of nitrogens with two attached hydrogens (primary N) is 1. The van der Waals surface area contributed by atoms with Gasteiger partial charge in [0.25, 0.3) is 0 Å². The van der Waals surface area contributed by atoms with Crippen LogP contribution in [0.3, 0.4) is 0 Å². The summed E-state index contributed by atoms with van der Waals surface area (Å²) in [6, 6.07) is 0. The van der Waals surface area contributed by atoms with Crippen LogP contribution in [0, 0.1) is 11.8 Å². The summed E-state index contributed by atoms with van der Waals surface area (Å²) >= 11 is 0. The molecule has 26 heavy (non-hydrogen) atoms. The predicted octanol–water partition coefficient (Wildman–Crippen LogP) is 3.89. The average Bonchev–Trinajstić information content (AvgIpc) is 2.64. The summed E-state index contributed by atoms with van der Waals surface area (Å²) in [6.45, 7) is 10.5. The molecule has 0 aliphatic carbocycles. The lowest BCUT2D eigenvalue weighted by Crippen LogP contribution is -2.29. The SMILES string of the molecule is C=C(C)/C(C)=C/C(=NC)C1=C/C(=C\CC)N2C=C(C#CCN)C=CC2=N1. The molecule has 0 aromatic carbocycles. The molecule has 134 valence electrons. The van der Waals surface area contributed by atoms with E-state index in [-0.39, 0.29) is 0 Å². The maximum Gasteiger partial charge on any atom is 0.137 e. The molecule has 0 aromatic rings. The normalized spacial score (nSPS) is 18.6. The lowest BCUT2D eigenvalue weighted by atomic mass is 10.1. The zero-order chi connectivity index (χ0) is 19.1. The zero-order valence-electron chi connectivity index (χ0n) is 16.0. The van der Waals surface area contributed by atoms with E-state index in [1.54, 1.807) is 7.05 Å². The Hall–Kier alpha value is -2.90. The monoisotopic (exact) mass is 346 g/mol.